The van der Waals surface area contributed by atoms with Gasteiger partial charge in [-0.2, -0.15) is 0 Å². The van der Waals surface area contributed by atoms with Crippen molar-refractivity contribution < 1.29 is 24.4 Å². The van der Waals surface area contributed by atoms with Gasteiger partial charge in [0.15, 0.2) is 11.5 Å². The molecule has 1 unspecified atom stereocenters. The predicted molar refractivity (Wildman–Crippen MR) is 86.0 cm³/mol. The maximum atomic E-state index is 5.41. The van der Waals surface area contributed by atoms with Crippen LogP contribution >= 0.6 is 0 Å². The summed E-state index contributed by atoms with van der Waals surface area (Å²) in [6.07, 6.45) is 2.72. The zero-order chi connectivity index (χ0) is 15.9. The minimum atomic E-state index is 0.658. The summed E-state index contributed by atoms with van der Waals surface area (Å²) in [4.78, 5) is 1.75. The first kappa shape index (κ1) is 16.9. The molecule has 1 aromatic rings. The maximum Gasteiger partial charge on any atom is 0.203 e. The van der Waals surface area contributed by atoms with Gasteiger partial charge in [0.05, 0.1) is 34.4 Å². The number of methoxy groups -OCH3 is 3. The number of rotatable bonds is 8. The highest BCUT2D eigenvalue weighted by Crippen LogP contribution is 2.37. The third-order valence-electron chi connectivity index (χ3n) is 4.64. The number of ether oxygens (including phenoxy) is 3. The highest BCUT2D eigenvalue weighted by atomic mass is 16.5. The van der Waals surface area contributed by atoms with Crippen LogP contribution in [0.3, 0.4) is 0 Å². The second kappa shape index (κ2) is 8.25. The van der Waals surface area contributed by atoms with Gasteiger partial charge < -0.3 is 24.4 Å². The van der Waals surface area contributed by atoms with Crippen molar-refractivity contribution in [2.75, 3.05) is 41.0 Å². The molecule has 0 aliphatic carbocycles. The molecule has 1 aliphatic rings. The van der Waals surface area contributed by atoms with E-state index >= 15 is 0 Å². The van der Waals surface area contributed by atoms with Crippen molar-refractivity contribution in [3.05, 3.63) is 17.7 Å². The number of quaternary nitrogens is 2. The number of hydrogen-bond acceptors (Lipinski definition) is 3. The van der Waals surface area contributed by atoms with Gasteiger partial charge in [0.25, 0.3) is 0 Å². The molecule has 124 valence electrons. The summed E-state index contributed by atoms with van der Waals surface area (Å²) < 4.78 is 16.2. The molecule has 22 heavy (non-hydrogen) atoms. The summed E-state index contributed by atoms with van der Waals surface area (Å²) in [7, 11) is 4.95. The first-order chi connectivity index (χ1) is 10.7. The van der Waals surface area contributed by atoms with Crippen molar-refractivity contribution in [3.63, 3.8) is 0 Å². The molecule has 2 atom stereocenters. The van der Waals surface area contributed by atoms with Crippen LogP contribution in [0.25, 0.3) is 0 Å². The molecular formula is C17H30N2O3+2. The van der Waals surface area contributed by atoms with Crippen LogP contribution in [0.4, 0.5) is 0 Å². The first-order valence-corrected chi connectivity index (χ1v) is 8.18. The monoisotopic (exact) mass is 310 g/mol. The highest BCUT2D eigenvalue weighted by molar-refractivity contribution is 5.53. The lowest BCUT2D eigenvalue weighted by molar-refractivity contribution is -0.925. The molecule has 2 rings (SSSR count). The van der Waals surface area contributed by atoms with Crippen LogP contribution in [-0.4, -0.2) is 47.0 Å². The summed E-state index contributed by atoms with van der Waals surface area (Å²) in [5, 5.41) is 2.40. The van der Waals surface area contributed by atoms with Crippen molar-refractivity contribution in [2.45, 2.75) is 32.4 Å². The lowest BCUT2D eigenvalue weighted by atomic mass is 10.1. The van der Waals surface area contributed by atoms with E-state index in [4.69, 9.17) is 14.2 Å². The predicted octanol–water partition coefficient (Wildman–Crippen LogP) is -0.157. The van der Waals surface area contributed by atoms with Crippen molar-refractivity contribution >= 4 is 0 Å². The normalized spacial score (nSPS) is 20.9. The van der Waals surface area contributed by atoms with Gasteiger partial charge in [-0.15, -0.1) is 0 Å². The molecule has 0 amide bonds. The molecule has 1 saturated heterocycles. The summed E-state index contributed by atoms with van der Waals surface area (Å²) >= 11 is 0. The van der Waals surface area contributed by atoms with Gasteiger partial charge >= 0.3 is 0 Å². The van der Waals surface area contributed by atoms with E-state index in [0.29, 0.717) is 5.75 Å². The van der Waals surface area contributed by atoms with E-state index in [-0.39, 0.29) is 0 Å². The first-order valence-electron chi connectivity index (χ1n) is 8.18. The Hall–Kier alpha value is -1.46. The minimum Gasteiger partial charge on any atom is -0.493 e. The number of nitrogens with two attached hydrogens (primary N) is 1. The van der Waals surface area contributed by atoms with Crippen LogP contribution in [0.2, 0.25) is 0 Å². The third-order valence-corrected chi connectivity index (χ3v) is 4.64. The van der Waals surface area contributed by atoms with Gasteiger partial charge in [-0.3, -0.25) is 0 Å². The quantitative estimate of drug-likeness (QED) is 0.702. The molecule has 0 aromatic heterocycles. The largest absolute Gasteiger partial charge is 0.493 e. The zero-order valence-electron chi connectivity index (χ0n) is 14.3. The van der Waals surface area contributed by atoms with Crippen molar-refractivity contribution in [1.29, 1.82) is 0 Å². The van der Waals surface area contributed by atoms with Crippen molar-refractivity contribution in [2.24, 2.45) is 0 Å². The van der Waals surface area contributed by atoms with Crippen LogP contribution in [0.15, 0.2) is 12.1 Å². The van der Waals surface area contributed by atoms with E-state index in [1.54, 1.807) is 26.2 Å². The lowest BCUT2D eigenvalue weighted by Crippen LogP contribution is -3.16. The fourth-order valence-corrected chi connectivity index (χ4v) is 3.44. The number of likely N-dealkylation sites (tertiary alicyclic amines) is 1. The van der Waals surface area contributed by atoms with Gasteiger partial charge in [-0.1, -0.05) is 0 Å². The molecule has 3 N–H and O–H groups in total. The molecule has 1 aromatic carbocycles. The Morgan fingerprint density at radius 3 is 2.36 bits per heavy atom. The third kappa shape index (κ3) is 3.84. The van der Waals surface area contributed by atoms with E-state index in [1.807, 2.05) is 12.1 Å². The number of nitrogens with one attached hydrogen (secondary N) is 1. The SMILES string of the molecule is CC[NH+]1CCC[C@@H]1C[NH2+]Cc1cc(OC)c(OC)c(OC)c1. The second-order valence-electron chi connectivity index (χ2n) is 5.86. The molecular weight excluding hydrogens is 280 g/mol. The van der Waals surface area contributed by atoms with E-state index in [0.717, 1.165) is 24.1 Å². The molecule has 0 radical (unpaired) electrons. The Morgan fingerprint density at radius 2 is 1.82 bits per heavy atom. The van der Waals surface area contributed by atoms with E-state index < -0.39 is 0 Å². The smallest absolute Gasteiger partial charge is 0.203 e. The Balaban J connectivity index is 1.97. The number of hydrogen-bond donors (Lipinski definition) is 2. The maximum absolute atomic E-state index is 5.41. The molecule has 1 aliphatic heterocycles. The molecule has 1 heterocycles. The van der Waals surface area contributed by atoms with E-state index in [2.05, 4.69) is 12.2 Å². The second-order valence-corrected chi connectivity index (χ2v) is 5.86. The van der Waals surface area contributed by atoms with Crippen LogP contribution in [0, 0.1) is 0 Å². The number of benzene rings is 1. The minimum absolute atomic E-state index is 0.658. The Kier molecular flexibility index (Phi) is 6.34. The van der Waals surface area contributed by atoms with Crippen molar-refractivity contribution in [1.82, 2.24) is 0 Å². The van der Waals surface area contributed by atoms with Crippen LogP contribution in [-0.2, 0) is 6.54 Å². The molecule has 0 saturated carbocycles. The van der Waals surface area contributed by atoms with Gasteiger partial charge in [-0.05, 0) is 19.1 Å². The van der Waals surface area contributed by atoms with Crippen LogP contribution < -0.4 is 24.4 Å². The molecule has 5 nitrogen and oxygen atoms in total. The molecule has 0 spiro atoms. The average molecular weight is 310 g/mol. The molecule has 1 fully saturated rings. The zero-order valence-corrected chi connectivity index (χ0v) is 14.3. The van der Waals surface area contributed by atoms with Crippen molar-refractivity contribution in [3.8, 4) is 17.2 Å². The van der Waals surface area contributed by atoms with Gasteiger partial charge in [0.1, 0.15) is 19.1 Å². The lowest BCUT2D eigenvalue weighted by Gasteiger charge is -2.18. The van der Waals surface area contributed by atoms with Gasteiger partial charge in [0.2, 0.25) is 5.75 Å². The fraction of sp³-hybridized carbons (Fsp3) is 0.647. The summed E-state index contributed by atoms with van der Waals surface area (Å²) in [6, 6.07) is 4.88. The Morgan fingerprint density at radius 1 is 1.14 bits per heavy atom. The van der Waals surface area contributed by atoms with Gasteiger partial charge in [0, 0.05) is 18.4 Å². The Labute approximate surface area is 133 Å². The summed E-state index contributed by atoms with van der Waals surface area (Å²) in [5.74, 6) is 2.12. The van der Waals surface area contributed by atoms with E-state index in [1.165, 1.54) is 38.0 Å². The summed E-state index contributed by atoms with van der Waals surface area (Å²) in [5.41, 5.74) is 1.20. The summed E-state index contributed by atoms with van der Waals surface area (Å²) in [6.45, 7) is 6.97. The molecule has 0 bridgehead atoms. The van der Waals surface area contributed by atoms with E-state index in [9.17, 15) is 0 Å². The number of likely N-dealkylation sites (N-methyl/N-ethyl adjacent to an activating group) is 1. The average Bonchev–Trinajstić information content (AvgIpc) is 3.01. The Bertz CT molecular complexity index is 454. The molecule has 5 heteroatoms. The standard InChI is InChI=1S/C17H28N2O3/c1-5-19-8-6-7-14(19)12-18-11-13-9-15(20-2)17(22-4)16(10-13)21-3/h9-10,14,18H,5-8,11-12H2,1-4H3/p+2/t14-/m1/s1. The van der Waals surface area contributed by atoms with Crippen LogP contribution in [0.5, 0.6) is 17.2 Å². The van der Waals surface area contributed by atoms with Crippen LogP contribution in [0.1, 0.15) is 25.3 Å². The van der Waals surface area contributed by atoms with Gasteiger partial charge in [-0.25, -0.2) is 0 Å². The topological polar surface area (TPSA) is 48.7 Å². The fourth-order valence-electron chi connectivity index (χ4n) is 3.44. The highest BCUT2D eigenvalue weighted by Gasteiger charge is 2.28.